The van der Waals surface area contributed by atoms with Crippen molar-refractivity contribution in [1.29, 1.82) is 0 Å². The summed E-state index contributed by atoms with van der Waals surface area (Å²) in [5, 5.41) is 2.96. The minimum Gasteiger partial charge on any atom is -0.496 e. The molecule has 0 unspecified atom stereocenters. The second kappa shape index (κ2) is 9.09. The van der Waals surface area contributed by atoms with Crippen molar-refractivity contribution >= 4 is 5.91 Å². The SMILES string of the molecule is COc1ccc(C(=O)NCc2ccc(C)cc2)cc1COc1cccc(C)c1. The van der Waals surface area contributed by atoms with Gasteiger partial charge in [0, 0.05) is 17.7 Å². The summed E-state index contributed by atoms with van der Waals surface area (Å²) in [6.07, 6.45) is 0. The third-order valence-electron chi connectivity index (χ3n) is 4.50. The molecule has 0 aliphatic rings. The zero-order valence-electron chi connectivity index (χ0n) is 16.5. The van der Waals surface area contributed by atoms with Crippen LogP contribution >= 0.6 is 0 Å². The number of hydrogen-bond acceptors (Lipinski definition) is 3. The Morgan fingerprint density at radius 1 is 0.929 bits per heavy atom. The van der Waals surface area contributed by atoms with E-state index in [1.807, 2.05) is 68.4 Å². The first-order valence-corrected chi connectivity index (χ1v) is 9.25. The van der Waals surface area contributed by atoms with E-state index < -0.39 is 0 Å². The van der Waals surface area contributed by atoms with Crippen LogP contribution in [-0.2, 0) is 13.2 Å². The highest BCUT2D eigenvalue weighted by Crippen LogP contribution is 2.23. The largest absolute Gasteiger partial charge is 0.496 e. The third-order valence-corrected chi connectivity index (χ3v) is 4.50. The molecule has 4 heteroatoms. The first-order chi connectivity index (χ1) is 13.5. The van der Waals surface area contributed by atoms with Gasteiger partial charge in [0.05, 0.1) is 7.11 Å². The molecular weight excluding hydrogens is 350 g/mol. The van der Waals surface area contributed by atoms with Crippen molar-refractivity contribution in [3.63, 3.8) is 0 Å². The molecule has 0 bridgehead atoms. The van der Waals surface area contributed by atoms with Gasteiger partial charge in [0.2, 0.25) is 0 Å². The van der Waals surface area contributed by atoms with Gasteiger partial charge in [-0.15, -0.1) is 0 Å². The Hall–Kier alpha value is -3.27. The van der Waals surface area contributed by atoms with Gasteiger partial charge in [-0.25, -0.2) is 0 Å². The number of carbonyl (C=O) groups is 1. The monoisotopic (exact) mass is 375 g/mol. The van der Waals surface area contributed by atoms with E-state index >= 15 is 0 Å². The maximum atomic E-state index is 12.6. The number of amides is 1. The van der Waals surface area contributed by atoms with E-state index in [9.17, 15) is 4.79 Å². The average molecular weight is 375 g/mol. The zero-order valence-corrected chi connectivity index (χ0v) is 16.5. The normalized spacial score (nSPS) is 10.4. The second-order valence-electron chi connectivity index (χ2n) is 6.80. The quantitative estimate of drug-likeness (QED) is 0.644. The molecule has 3 rings (SSSR count). The summed E-state index contributed by atoms with van der Waals surface area (Å²) in [6, 6.07) is 21.4. The Balaban J connectivity index is 1.68. The summed E-state index contributed by atoms with van der Waals surface area (Å²) < 4.78 is 11.3. The van der Waals surface area contributed by atoms with E-state index in [1.165, 1.54) is 5.56 Å². The summed E-state index contributed by atoms with van der Waals surface area (Å²) in [6.45, 7) is 4.87. The minimum atomic E-state index is -0.125. The summed E-state index contributed by atoms with van der Waals surface area (Å²) >= 11 is 0. The van der Waals surface area contributed by atoms with E-state index in [4.69, 9.17) is 9.47 Å². The fourth-order valence-electron chi connectivity index (χ4n) is 2.89. The van der Waals surface area contributed by atoms with Crippen LogP contribution in [0.15, 0.2) is 66.7 Å². The van der Waals surface area contributed by atoms with Crippen LogP contribution in [-0.4, -0.2) is 13.0 Å². The molecule has 1 N–H and O–H groups in total. The van der Waals surface area contributed by atoms with Crippen LogP contribution in [0.1, 0.15) is 32.6 Å². The van der Waals surface area contributed by atoms with Crippen molar-refractivity contribution in [3.8, 4) is 11.5 Å². The first-order valence-electron chi connectivity index (χ1n) is 9.25. The lowest BCUT2D eigenvalue weighted by molar-refractivity contribution is 0.0950. The molecular formula is C24H25NO3. The van der Waals surface area contributed by atoms with Gasteiger partial charge in [-0.3, -0.25) is 4.79 Å². The lowest BCUT2D eigenvalue weighted by Gasteiger charge is -2.13. The van der Waals surface area contributed by atoms with E-state index in [0.717, 1.165) is 22.4 Å². The topological polar surface area (TPSA) is 47.6 Å². The Labute approximate surface area is 166 Å². The standard InChI is InChI=1S/C24H25NO3/c1-17-7-9-19(10-8-17)15-25-24(26)20-11-12-23(27-3)21(14-20)16-28-22-6-4-5-18(2)13-22/h4-14H,15-16H2,1-3H3,(H,25,26). The number of nitrogens with one attached hydrogen (secondary N) is 1. The molecule has 28 heavy (non-hydrogen) atoms. The van der Waals surface area contributed by atoms with E-state index in [1.54, 1.807) is 19.2 Å². The second-order valence-corrected chi connectivity index (χ2v) is 6.80. The predicted octanol–water partition coefficient (Wildman–Crippen LogP) is 4.82. The molecule has 3 aromatic rings. The summed E-state index contributed by atoms with van der Waals surface area (Å²) in [7, 11) is 1.61. The van der Waals surface area contributed by atoms with Crippen molar-refractivity contribution in [3.05, 3.63) is 94.5 Å². The van der Waals surface area contributed by atoms with Crippen LogP contribution in [0.4, 0.5) is 0 Å². The Kier molecular flexibility index (Phi) is 6.33. The molecule has 3 aromatic carbocycles. The van der Waals surface area contributed by atoms with Crippen LogP contribution in [0.2, 0.25) is 0 Å². The fraction of sp³-hybridized carbons (Fsp3) is 0.208. The maximum absolute atomic E-state index is 12.6. The summed E-state index contributed by atoms with van der Waals surface area (Å²) in [4.78, 5) is 12.6. The molecule has 0 aliphatic heterocycles. The van der Waals surface area contributed by atoms with Gasteiger partial charge in [0.25, 0.3) is 5.91 Å². The van der Waals surface area contributed by atoms with Gasteiger partial charge < -0.3 is 14.8 Å². The highest BCUT2D eigenvalue weighted by Gasteiger charge is 2.11. The molecule has 4 nitrogen and oxygen atoms in total. The number of rotatable bonds is 7. The highest BCUT2D eigenvalue weighted by atomic mass is 16.5. The van der Waals surface area contributed by atoms with Crippen molar-refractivity contribution in [2.45, 2.75) is 27.0 Å². The molecule has 144 valence electrons. The van der Waals surface area contributed by atoms with Crippen LogP contribution < -0.4 is 14.8 Å². The van der Waals surface area contributed by atoms with Gasteiger partial charge >= 0.3 is 0 Å². The summed E-state index contributed by atoms with van der Waals surface area (Å²) in [5.74, 6) is 1.36. The Morgan fingerprint density at radius 3 is 2.43 bits per heavy atom. The zero-order chi connectivity index (χ0) is 19.9. The first kappa shape index (κ1) is 19.5. The summed E-state index contributed by atoms with van der Waals surface area (Å²) in [5.41, 5.74) is 4.80. The van der Waals surface area contributed by atoms with Gasteiger partial charge in [0.1, 0.15) is 18.1 Å². The van der Waals surface area contributed by atoms with Gasteiger partial charge in [-0.1, -0.05) is 42.0 Å². The minimum absolute atomic E-state index is 0.125. The number of hydrogen-bond donors (Lipinski definition) is 1. The molecule has 0 saturated carbocycles. The number of methoxy groups -OCH3 is 1. The molecule has 0 aromatic heterocycles. The van der Waals surface area contributed by atoms with Crippen LogP contribution in [0.5, 0.6) is 11.5 Å². The smallest absolute Gasteiger partial charge is 0.251 e. The van der Waals surface area contributed by atoms with Gasteiger partial charge in [-0.05, 0) is 55.3 Å². The molecule has 0 fully saturated rings. The lowest BCUT2D eigenvalue weighted by atomic mass is 10.1. The molecule has 0 heterocycles. The average Bonchev–Trinajstić information content (AvgIpc) is 2.71. The van der Waals surface area contributed by atoms with E-state index in [2.05, 4.69) is 5.32 Å². The van der Waals surface area contributed by atoms with Crippen molar-refractivity contribution < 1.29 is 14.3 Å². The van der Waals surface area contributed by atoms with Crippen LogP contribution in [0.25, 0.3) is 0 Å². The van der Waals surface area contributed by atoms with Crippen molar-refractivity contribution in [1.82, 2.24) is 5.32 Å². The van der Waals surface area contributed by atoms with Gasteiger partial charge in [-0.2, -0.15) is 0 Å². The molecule has 0 atom stereocenters. The maximum Gasteiger partial charge on any atom is 0.251 e. The molecule has 0 spiro atoms. The Morgan fingerprint density at radius 2 is 1.71 bits per heavy atom. The number of aryl methyl sites for hydroxylation is 2. The number of ether oxygens (including phenoxy) is 2. The lowest BCUT2D eigenvalue weighted by Crippen LogP contribution is -2.23. The molecule has 1 amide bonds. The predicted molar refractivity (Wildman–Crippen MR) is 111 cm³/mol. The van der Waals surface area contributed by atoms with Gasteiger partial charge in [0.15, 0.2) is 0 Å². The molecule has 0 radical (unpaired) electrons. The molecule has 0 saturated heterocycles. The number of carbonyl (C=O) groups excluding carboxylic acids is 1. The molecule has 0 aliphatic carbocycles. The fourth-order valence-corrected chi connectivity index (χ4v) is 2.89. The van der Waals surface area contributed by atoms with Crippen LogP contribution in [0.3, 0.4) is 0 Å². The van der Waals surface area contributed by atoms with E-state index in [-0.39, 0.29) is 5.91 Å². The van der Waals surface area contributed by atoms with Crippen LogP contribution in [0, 0.1) is 13.8 Å². The Bertz CT molecular complexity index is 948. The van der Waals surface area contributed by atoms with Crippen molar-refractivity contribution in [2.75, 3.05) is 7.11 Å². The van der Waals surface area contributed by atoms with Crippen molar-refractivity contribution in [2.24, 2.45) is 0 Å². The highest BCUT2D eigenvalue weighted by molar-refractivity contribution is 5.94. The third kappa shape index (κ3) is 5.13. The van der Waals surface area contributed by atoms with E-state index in [0.29, 0.717) is 24.5 Å². The number of benzene rings is 3.